The van der Waals surface area contributed by atoms with Crippen molar-refractivity contribution in [3.05, 3.63) is 24.3 Å². The number of benzene rings is 1. The topological polar surface area (TPSA) is 105 Å². The van der Waals surface area contributed by atoms with Crippen LogP contribution in [0.4, 0.5) is 5.69 Å². The van der Waals surface area contributed by atoms with Crippen LogP contribution < -0.4 is 9.44 Å². The van der Waals surface area contributed by atoms with Gasteiger partial charge in [0.15, 0.2) is 0 Å². The molecule has 0 aliphatic carbocycles. The lowest BCUT2D eigenvalue weighted by molar-refractivity contribution is 0.591. The molecule has 2 N–H and O–H groups in total. The fraction of sp³-hybridized carbons (Fsp3) is 0.462. The molecule has 122 valence electrons. The van der Waals surface area contributed by atoms with E-state index >= 15 is 0 Å². The molecule has 1 aromatic rings. The number of sulfonamides is 2. The molecule has 0 fully saturated rings. The maximum Gasteiger partial charge on any atom is 0.262 e. The summed E-state index contributed by atoms with van der Waals surface area (Å²) in [6, 6.07) is 5.72. The maximum absolute atomic E-state index is 12.3. The molecule has 0 aromatic heterocycles. The molecular formula is C13H19N3O4S2. The Balaban J connectivity index is 2.20. The van der Waals surface area contributed by atoms with Crippen molar-refractivity contribution in [2.24, 2.45) is 4.99 Å². The van der Waals surface area contributed by atoms with Crippen molar-refractivity contribution >= 4 is 31.6 Å². The van der Waals surface area contributed by atoms with E-state index in [9.17, 15) is 16.8 Å². The molecule has 2 rings (SSSR count). The average Bonchev–Trinajstić information content (AvgIpc) is 2.90. The highest BCUT2D eigenvalue weighted by molar-refractivity contribution is 7.92. The van der Waals surface area contributed by atoms with E-state index in [1.54, 1.807) is 6.92 Å². The first-order chi connectivity index (χ1) is 10.3. The number of aliphatic imine (C=N–C) groups is 1. The fourth-order valence-corrected chi connectivity index (χ4v) is 4.32. The van der Waals surface area contributed by atoms with E-state index in [1.807, 2.05) is 0 Å². The van der Waals surface area contributed by atoms with Gasteiger partial charge in [-0.05, 0) is 31.0 Å². The molecule has 1 aliphatic heterocycles. The zero-order valence-corrected chi connectivity index (χ0v) is 13.9. The Bertz CT molecular complexity index is 770. The average molecular weight is 345 g/mol. The van der Waals surface area contributed by atoms with Crippen LogP contribution in [-0.4, -0.2) is 35.0 Å². The summed E-state index contributed by atoms with van der Waals surface area (Å²) in [6.07, 6.45) is 1.91. The number of hydrogen-bond acceptors (Lipinski definition) is 5. The van der Waals surface area contributed by atoms with Gasteiger partial charge in [-0.1, -0.05) is 13.0 Å². The molecule has 9 heteroatoms. The van der Waals surface area contributed by atoms with Crippen molar-refractivity contribution in [2.45, 2.75) is 31.1 Å². The fourth-order valence-electron chi connectivity index (χ4n) is 2.06. The van der Waals surface area contributed by atoms with Crippen LogP contribution in [-0.2, 0) is 20.0 Å². The van der Waals surface area contributed by atoms with Crippen LogP contribution in [0.5, 0.6) is 0 Å². The van der Waals surface area contributed by atoms with Crippen LogP contribution in [0.2, 0.25) is 0 Å². The highest BCUT2D eigenvalue weighted by Crippen LogP contribution is 2.17. The largest absolute Gasteiger partial charge is 0.284 e. The van der Waals surface area contributed by atoms with E-state index in [2.05, 4.69) is 14.4 Å². The quantitative estimate of drug-likeness (QED) is 0.811. The molecule has 1 aromatic carbocycles. The number of nitrogens with one attached hydrogen (secondary N) is 2. The molecule has 0 atom stereocenters. The molecule has 0 amide bonds. The minimum absolute atomic E-state index is 0.00111. The van der Waals surface area contributed by atoms with Crippen LogP contribution in [0, 0.1) is 0 Å². The third kappa shape index (κ3) is 4.44. The lowest BCUT2D eigenvalue weighted by atomic mass is 10.3. The lowest BCUT2D eigenvalue weighted by Gasteiger charge is -2.10. The summed E-state index contributed by atoms with van der Waals surface area (Å²) in [7, 11) is -7.21. The third-order valence-corrected chi connectivity index (χ3v) is 5.89. The first kappa shape index (κ1) is 16.8. The van der Waals surface area contributed by atoms with Crippen molar-refractivity contribution in [3.63, 3.8) is 0 Å². The van der Waals surface area contributed by atoms with E-state index < -0.39 is 20.0 Å². The van der Waals surface area contributed by atoms with Gasteiger partial charge in [-0.25, -0.2) is 16.8 Å². The lowest BCUT2D eigenvalue weighted by Crippen LogP contribution is -2.29. The van der Waals surface area contributed by atoms with Crippen molar-refractivity contribution in [2.75, 3.05) is 17.0 Å². The van der Waals surface area contributed by atoms with Crippen molar-refractivity contribution in [1.29, 1.82) is 0 Å². The number of rotatable bonds is 6. The number of amidine groups is 1. The monoisotopic (exact) mass is 345 g/mol. The predicted molar refractivity (Wildman–Crippen MR) is 86.0 cm³/mol. The number of nitrogens with zero attached hydrogens (tertiary/aromatic N) is 1. The van der Waals surface area contributed by atoms with Gasteiger partial charge >= 0.3 is 0 Å². The van der Waals surface area contributed by atoms with Crippen molar-refractivity contribution < 1.29 is 16.8 Å². The highest BCUT2D eigenvalue weighted by atomic mass is 32.2. The van der Waals surface area contributed by atoms with Gasteiger partial charge in [-0.3, -0.25) is 14.4 Å². The van der Waals surface area contributed by atoms with Gasteiger partial charge in [0.1, 0.15) is 5.84 Å². The summed E-state index contributed by atoms with van der Waals surface area (Å²) < 4.78 is 52.8. The second-order valence-corrected chi connectivity index (χ2v) is 8.51. The Morgan fingerprint density at radius 1 is 1.18 bits per heavy atom. The Hall–Kier alpha value is -1.61. The second kappa shape index (κ2) is 6.66. The minimum atomic E-state index is -3.75. The first-order valence-electron chi connectivity index (χ1n) is 6.99. The van der Waals surface area contributed by atoms with Crippen LogP contribution in [0.25, 0.3) is 0 Å². The molecule has 0 saturated carbocycles. The third-order valence-electron chi connectivity index (χ3n) is 3.02. The first-order valence-corrected chi connectivity index (χ1v) is 10.1. The summed E-state index contributed by atoms with van der Waals surface area (Å²) in [5.41, 5.74) is 0.227. The molecule has 0 radical (unpaired) electrons. The summed E-state index contributed by atoms with van der Waals surface area (Å²) in [4.78, 5) is 4.07. The normalized spacial score (nSPS) is 15.4. The molecule has 0 unspecified atom stereocenters. The van der Waals surface area contributed by atoms with Gasteiger partial charge in [-0.2, -0.15) is 0 Å². The van der Waals surface area contributed by atoms with Gasteiger partial charge in [0.25, 0.3) is 10.0 Å². The van der Waals surface area contributed by atoms with E-state index in [0.29, 0.717) is 25.2 Å². The SMILES string of the molecule is CCCS(=O)(=O)Nc1cccc(S(=O)(=O)NC2=NCCC2)c1. The molecule has 0 spiro atoms. The second-order valence-electron chi connectivity index (χ2n) is 4.99. The number of hydrogen-bond donors (Lipinski definition) is 2. The van der Waals surface area contributed by atoms with E-state index in [-0.39, 0.29) is 16.3 Å². The van der Waals surface area contributed by atoms with Crippen LogP contribution in [0.1, 0.15) is 26.2 Å². The van der Waals surface area contributed by atoms with Gasteiger partial charge in [0.05, 0.1) is 10.6 Å². The van der Waals surface area contributed by atoms with Crippen LogP contribution in [0.3, 0.4) is 0 Å². The summed E-state index contributed by atoms with van der Waals surface area (Å²) in [5, 5.41) is 0. The smallest absolute Gasteiger partial charge is 0.262 e. The van der Waals surface area contributed by atoms with Crippen molar-refractivity contribution in [3.8, 4) is 0 Å². The predicted octanol–water partition coefficient (Wildman–Crippen LogP) is 1.31. The molecule has 0 saturated heterocycles. The Kier molecular flexibility index (Phi) is 5.07. The molecular weight excluding hydrogens is 326 g/mol. The van der Waals surface area contributed by atoms with Crippen LogP contribution >= 0.6 is 0 Å². The van der Waals surface area contributed by atoms with Gasteiger partial charge in [-0.15, -0.1) is 0 Å². The Morgan fingerprint density at radius 2 is 1.95 bits per heavy atom. The zero-order chi connectivity index (χ0) is 16.2. The standard InChI is InChI=1S/C13H19N3O4S2/c1-2-9-21(17,18)15-11-5-3-6-12(10-11)22(19,20)16-13-7-4-8-14-13/h3,5-6,10,15H,2,4,7-9H2,1H3,(H,14,16). The zero-order valence-electron chi connectivity index (χ0n) is 12.2. The van der Waals surface area contributed by atoms with Gasteiger partial charge in [0.2, 0.25) is 10.0 Å². The summed E-state index contributed by atoms with van der Waals surface area (Å²) in [6.45, 7) is 2.38. The molecule has 1 heterocycles. The molecule has 0 bridgehead atoms. The molecule has 7 nitrogen and oxygen atoms in total. The van der Waals surface area contributed by atoms with Gasteiger partial charge in [0, 0.05) is 18.7 Å². The van der Waals surface area contributed by atoms with E-state index in [0.717, 1.165) is 6.42 Å². The maximum atomic E-state index is 12.3. The highest BCUT2D eigenvalue weighted by Gasteiger charge is 2.19. The van der Waals surface area contributed by atoms with E-state index in [1.165, 1.54) is 24.3 Å². The summed E-state index contributed by atoms with van der Waals surface area (Å²) >= 11 is 0. The summed E-state index contributed by atoms with van der Waals surface area (Å²) in [5.74, 6) is 0.427. The van der Waals surface area contributed by atoms with E-state index in [4.69, 9.17) is 0 Å². The van der Waals surface area contributed by atoms with Crippen molar-refractivity contribution in [1.82, 2.24) is 4.72 Å². The number of anilines is 1. The molecule has 22 heavy (non-hydrogen) atoms. The van der Waals surface area contributed by atoms with Crippen LogP contribution in [0.15, 0.2) is 34.2 Å². The minimum Gasteiger partial charge on any atom is -0.284 e. The Labute approximate surface area is 130 Å². The Morgan fingerprint density at radius 3 is 2.59 bits per heavy atom. The van der Waals surface area contributed by atoms with Gasteiger partial charge < -0.3 is 0 Å². The molecule has 1 aliphatic rings.